The molecule has 0 aliphatic carbocycles. The molecule has 0 radical (unpaired) electrons. The Morgan fingerprint density at radius 1 is 0.724 bits per heavy atom. The fourth-order valence-electron chi connectivity index (χ4n) is 3.33. The Labute approximate surface area is 176 Å². The first kappa shape index (κ1) is 20.8. The molecule has 0 atom stereocenters. The standard InChI is InChI=1S/C25H22FNO.ClH/c26-24-13-7-5-11-21(24)18-28-25-15-14-20-10-4-6-12-22(20)23(25)17-27-16-19-8-2-1-3-9-19;/h1-15,27H,16-18H2;1H. The Kier molecular flexibility index (Phi) is 7.23. The van der Waals surface area contributed by atoms with Crippen molar-refractivity contribution in [1.29, 1.82) is 0 Å². The molecule has 0 heterocycles. The van der Waals surface area contributed by atoms with Gasteiger partial charge in [0.15, 0.2) is 0 Å². The van der Waals surface area contributed by atoms with E-state index < -0.39 is 0 Å². The number of benzene rings is 4. The summed E-state index contributed by atoms with van der Waals surface area (Å²) < 4.78 is 20.0. The van der Waals surface area contributed by atoms with E-state index in [0.29, 0.717) is 12.1 Å². The van der Waals surface area contributed by atoms with Gasteiger partial charge in [-0.1, -0.05) is 78.9 Å². The molecule has 148 valence electrons. The van der Waals surface area contributed by atoms with Crippen LogP contribution in [0.2, 0.25) is 0 Å². The second kappa shape index (κ2) is 10.1. The zero-order chi connectivity index (χ0) is 19.2. The van der Waals surface area contributed by atoms with E-state index in [1.807, 2.05) is 48.5 Å². The van der Waals surface area contributed by atoms with Gasteiger partial charge in [-0.3, -0.25) is 0 Å². The molecule has 0 aliphatic heterocycles. The molecule has 0 saturated heterocycles. The molecule has 4 aromatic rings. The molecule has 0 aliphatic rings. The first-order valence-corrected chi connectivity index (χ1v) is 9.43. The fourth-order valence-corrected chi connectivity index (χ4v) is 3.33. The minimum absolute atomic E-state index is 0. The Morgan fingerprint density at radius 3 is 2.28 bits per heavy atom. The average Bonchev–Trinajstić information content (AvgIpc) is 2.74. The molecule has 0 saturated carbocycles. The van der Waals surface area contributed by atoms with Gasteiger partial charge < -0.3 is 10.1 Å². The minimum atomic E-state index is -0.243. The van der Waals surface area contributed by atoms with Crippen LogP contribution in [-0.2, 0) is 19.7 Å². The molecular weight excluding hydrogens is 385 g/mol. The van der Waals surface area contributed by atoms with E-state index in [1.54, 1.807) is 12.1 Å². The van der Waals surface area contributed by atoms with Crippen LogP contribution in [0, 0.1) is 5.82 Å². The molecular formula is C25H23ClFNO. The number of hydrogen-bond acceptors (Lipinski definition) is 2. The van der Waals surface area contributed by atoms with Gasteiger partial charge in [-0.25, -0.2) is 4.39 Å². The largest absolute Gasteiger partial charge is 0.488 e. The van der Waals surface area contributed by atoms with E-state index in [9.17, 15) is 4.39 Å². The first-order chi connectivity index (χ1) is 13.8. The highest BCUT2D eigenvalue weighted by atomic mass is 35.5. The van der Waals surface area contributed by atoms with Crippen LogP contribution in [0.5, 0.6) is 5.75 Å². The van der Waals surface area contributed by atoms with Gasteiger partial charge in [-0.15, -0.1) is 12.4 Å². The van der Waals surface area contributed by atoms with E-state index in [2.05, 4.69) is 29.6 Å². The van der Waals surface area contributed by atoms with Crippen LogP contribution in [0.3, 0.4) is 0 Å². The summed E-state index contributed by atoms with van der Waals surface area (Å²) >= 11 is 0. The third kappa shape index (κ3) is 5.14. The zero-order valence-corrected chi connectivity index (χ0v) is 16.8. The van der Waals surface area contributed by atoms with Gasteiger partial charge in [-0.2, -0.15) is 0 Å². The van der Waals surface area contributed by atoms with Crippen molar-refractivity contribution in [2.24, 2.45) is 0 Å². The Bertz CT molecular complexity index is 1070. The lowest BCUT2D eigenvalue weighted by Crippen LogP contribution is -2.14. The second-order valence-electron chi connectivity index (χ2n) is 6.73. The summed E-state index contributed by atoms with van der Waals surface area (Å²) in [6.45, 7) is 1.65. The molecule has 4 rings (SSSR count). The number of fused-ring (bicyclic) bond motifs is 1. The topological polar surface area (TPSA) is 21.3 Å². The molecule has 0 aromatic heterocycles. The van der Waals surface area contributed by atoms with E-state index in [0.717, 1.165) is 28.6 Å². The minimum Gasteiger partial charge on any atom is -0.488 e. The lowest BCUT2D eigenvalue weighted by Gasteiger charge is -2.15. The Morgan fingerprint density at radius 2 is 1.45 bits per heavy atom. The SMILES string of the molecule is Cl.Fc1ccccc1COc1ccc2ccccc2c1CNCc1ccccc1. The number of rotatable bonds is 7. The molecule has 2 nitrogen and oxygen atoms in total. The van der Waals surface area contributed by atoms with Crippen molar-refractivity contribution in [3.8, 4) is 5.75 Å². The Hall–Kier alpha value is -2.88. The highest BCUT2D eigenvalue weighted by Crippen LogP contribution is 2.29. The van der Waals surface area contributed by atoms with Gasteiger partial charge >= 0.3 is 0 Å². The van der Waals surface area contributed by atoms with Gasteiger partial charge in [0, 0.05) is 24.2 Å². The number of nitrogens with one attached hydrogen (secondary N) is 1. The van der Waals surface area contributed by atoms with Crippen LogP contribution < -0.4 is 10.1 Å². The predicted octanol–water partition coefficient (Wildman–Crippen LogP) is 6.27. The van der Waals surface area contributed by atoms with E-state index in [1.165, 1.54) is 11.6 Å². The molecule has 4 aromatic carbocycles. The smallest absolute Gasteiger partial charge is 0.129 e. The van der Waals surface area contributed by atoms with Crippen LogP contribution >= 0.6 is 12.4 Å². The fraction of sp³-hybridized carbons (Fsp3) is 0.120. The second-order valence-corrected chi connectivity index (χ2v) is 6.73. The van der Waals surface area contributed by atoms with Crippen molar-refractivity contribution in [1.82, 2.24) is 5.32 Å². The van der Waals surface area contributed by atoms with Gasteiger partial charge in [0.2, 0.25) is 0 Å². The summed E-state index contributed by atoms with van der Waals surface area (Å²) in [6.07, 6.45) is 0. The number of halogens is 2. The summed E-state index contributed by atoms with van der Waals surface area (Å²) in [5, 5.41) is 5.82. The lowest BCUT2D eigenvalue weighted by atomic mass is 10.0. The van der Waals surface area contributed by atoms with Crippen molar-refractivity contribution in [2.75, 3.05) is 0 Å². The van der Waals surface area contributed by atoms with Crippen LogP contribution in [0.15, 0.2) is 91.0 Å². The third-order valence-corrected chi connectivity index (χ3v) is 4.81. The maximum atomic E-state index is 13.9. The van der Waals surface area contributed by atoms with Crippen molar-refractivity contribution in [3.63, 3.8) is 0 Å². The van der Waals surface area contributed by atoms with Crippen molar-refractivity contribution >= 4 is 23.2 Å². The maximum Gasteiger partial charge on any atom is 0.129 e. The summed E-state index contributed by atoms with van der Waals surface area (Å²) in [5.41, 5.74) is 2.88. The van der Waals surface area contributed by atoms with Crippen LogP contribution in [0.25, 0.3) is 10.8 Å². The Balaban J connectivity index is 0.00000240. The third-order valence-electron chi connectivity index (χ3n) is 4.81. The highest BCUT2D eigenvalue weighted by molar-refractivity contribution is 5.87. The predicted molar refractivity (Wildman–Crippen MR) is 119 cm³/mol. The molecule has 0 spiro atoms. The maximum absolute atomic E-state index is 13.9. The molecule has 0 fully saturated rings. The van der Waals surface area contributed by atoms with Crippen LogP contribution in [-0.4, -0.2) is 0 Å². The van der Waals surface area contributed by atoms with Crippen LogP contribution in [0.1, 0.15) is 16.7 Å². The summed E-state index contributed by atoms with van der Waals surface area (Å²) in [7, 11) is 0. The van der Waals surface area contributed by atoms with Gasteiger partial charge in [0.1, 0.15) is 18.2 Å². The summed E-state index contributed by atoms with van der Waals surface area (Å²) in [4.78, 5) is 0. The molecule has 4 heteroatoms. The molecule has 29 heavy (non-hydrogen) atoms. The highest BCUT2D eigenvalue weighted by Gasteiger charge is 2.10. The monoisotopic (exact) mass is 407 g/mol. The zero-order valence-electron chi connectivity index (χ0n) is 16.0. The lowest BCUT2D eigenvalue weighted by molar-refractivity contribution is 0.296. The van der Waals surface area contributed by atoms with Crippen LogP contribution in [0.4, 0.5) is 4.39 Å². The van der Waals surface area contributed by atoms with Gasteiger partial charge in [-0.05, 0) is 28.5 Å². The summed E-state index contributed by atoms with van der Waals surface area (Å²) in [6, 6.07) is 29.3. The van der Waals surface area contributed by atoms with E-state index in [4.69, 9.17) is 4.74 Å². The quantitative estimate of drug-likeness (QED) is 0.390. The van der Waals surface area contributed by atoms with Gasteiger partial charge in [0.25, 0.3) is 0 Å². The number of ether oxygens (including phenoxy) is 1. The molecule has 0 bridgehead atoms. The van der Waals surface area contributed by atoms with Crippen molar-refractivity contribution < 1.29 is 9.13 Å². The molecule has 1 N–H and O–H groups in total. The van der Waals surface area contributed by atoms with Crippen molar-refractivity contribution in [2.45, 2.75) is 19.7 Å². The first-order valence-electron chi connectivity index (χ1n) is 9.43. The molecule has 0 unspecified atom stereocenters. The normalized spacial score (nSPS) is 10.5. The van der Waals surface area contributed by atoms with E-state index >= 15 is 0 Å². The van der Waals surface area contributed by atoms with Crippen molar-refractivity contribution in [3.05, 3.63) is 114 Å². The number of hydrogen-bond donors (Lipinski definition) is 1. The van der Waals surface area contributed by atoms with E-state index in [-0.39, 0.29) is 24.8 Å². The molecule has 0 amide bonds. The van der Waals surface area contributed by atoms with Gasteiger partial charge in [0.05, 0.1) is 0 Å². The average molecular weight is 408 g/mol. The summed E-state index contributed by atoms with van der Waals surface area (Å²) in [5.74, 6) is 0.537.